The lowest BCUT2D eigenvalue weighted by molar-refractivity contribution is 0.102. The van der Waals surface area contributed by atoms with Gasteiger partial charge in [-0.05, 0) is 38.1 Å². The molecule has 0 atom stereocenters. The van der Waals surface area contributed by atoms with Crippen molar-refractivity contribution >= 4 is 33.8 Å². The van der Waals surface area contributed by atoms with Gasteiger partial charge in [-0.15, -0.1) is 11.3 Å². The van der Waals surface area contributed by atoms with Gasteiger partial charge in [0.05, 0.1) is 11.4 Å². The first kappa shape index (κ1) is 17.0. The predicted molar refractivity (Wildman–Crippen MR) is 93.4 cm³/mol. The van der Waals surface area contributed by atoms with Gasteiger partial charge in [-0.3, -0.25) is 10.1 Å². The maximum atomic E-state index is 13.4. The van der Waals surface area contributed by atoms with E-state index in [0.29, 0.717) is 16.5 Å². The van der Waals surface area contributed by atoms with Crippen molar-refractivity contribution in [2.45, 2.75) is 13.8 Å². The summed E-state index contributed by atoms with van der Waals surface area (Å²) in [7, 11) is 0. The van der Waals surface area contributed by atoms with E-state index in [-0.39, 0.29) is 11.4 Å². The van der Waals surface area contributed by atoms with Crippen LogP contribution < -0.4 is 10.6 Å². The van der Waals surface area contributed by atoms with Crippen LogP contribution in [0.3, 0.4) is 0 Å². The summed E-state index contributed by atoms with van der Waals surface area (Å²) in [6, 6.07) is 6.37. The molecule has 0 fully saturated rings. The number of aromatic nitrogens is 2. The third-order valence-corrected chi connectivity index (χ3v) is 4.11. The number of amides is 1. The van der Waals surface area contributed by atoms with Gasteiger partial charge in [-0.1, -0.05) is 0 Å². The standard InChI is InChI=1S/C17H14F2N4OS/c1-9-3-4-14(22-13-6-11(18)5-12(19)7-13)15(20-9)16(24)23-17-21-10(2)8-25-17/h3-8,22H,1-2H3,(H,21,23,24). The molecular weight excluding hydrogens is 346 g/mol. The summed E-state index contributed by atoms with van der Waals surface area (Å²) in [5, 5.41) is 7.77. The Morgan fingerprint density at radius 2 is 1.76 bits per heavy atom. The highest BCUT2D eigenvalue weighted by atomic mass is 32.1. The minimum absolute atomic E-state index is 0.109. The number of aryl methyl sites for hydroxylation is 2. The molecule has 0 spiro atoms. The van der Waals surface area contributed by atoms with Crippen LogP contribution in [0, 0.1) is 25.5 Å². The number of benzene rings is 1. The van der Waals surface area contributed by atoms with Gasteiger partial charge in [-0.25, -0.2) is 18.7 Å². The van der Waals surface area contributed by atoms with Crippen LogP contribution in [-0.2, 0) is 0 Å². The molecule has 0 aliphatic rings. The molecule has 128 valence electrons. The molecule has 25 heavy (non-hydrogen) atoms. The minimum atomic E-state index is -0.716. The molecule has 1 amide bonds. The average Bonchev–Trinajstić information content (AvgIpc) is 2.93. The van der Waals surface area contributed by atoms with E-state index in [1.165, 1.54) is 11.3 Å². The Labute approximate surface area is 146 Å². The van der Waals surface area contributed by atoms with Crippen molar-refractivity contribution in [1.82, 2.24) is 9.97 Å². The van der Waals surface area contributed by atoms with Crippen LogP contribution >= 0.6 is 11.3 Å². The van der Waals surface area contributed by atoms with Crippen LogP contribution in [-0.4, -0.2) is 15.9 Å². The zero-order valence-electron chi connectivity index (χ0n) is 13.4. The predicted octanol–water partition coefficient (Wildman–Crippen LogP) is 4.43. The second kappa shape index (κ2) is 6.94. The van der Waals surface area contributed by atoms with Crippen LogP contribution in [0.25, 0.3) is 0 Å². The SMILES string of the molecule is Cc1csc(NC(=O)c2nc(C)ccc2Nc2cc(F)cc(F)c2)n1. The van der Waals surface area contributed by atoms with Gasteiger partial charge in [0.25, 0.3) is 5.91 Å². The van der Waals surface area contributed by atoms with Crippen LogP contribution in [0.1, 0.15) is 21.9 Å². The summed E-state index contributed by atoms with van der Waals surface area (Å²) < 4.78 is 26.7. The summed E-state index contributed by atoms with van der Waals surface area (Å²) >= 11 is 1.30. The Kier molecular flexibility index (Phi) is 4.71. The van der Waals surface area contributed by atoms with Gasteiger partial charge in [-0.2, -0.15) is 0 Å². The average molecular weight is 360 g/mol. The molecule has 8 heteroatoms. The fourth-order valence-electron chi connectivity index (χ4n) is 2.18. The Bertz CT molecular complexity index is 922. The van der Waals surface area contributed by atoms with E-state index in [4.69, 9.17) is 0 Å². The molecule has 0 unspecified atom stereocenters. The molecular formula is C17H14F2N4OS. The fraction of sp³-hybridized carbons (Fsp3) is 0.118. The molecule has 0 bridgehead atoms. The van der Waals surface area contributed by atoms with Crippen molar-refractivity contribution in [1.29, 1.82) is 0 Å². The zero-order chi connectivity index (χ0) is 18.0. The van der Waals surface area contributed by atoms with E-state index < -0.39 is 17.5 Å². The smallest absolute Gasteiger partial charge is 0.278 e. The van der Waals surface area contributed by atoms with Gasteiger partial charge < -0.3 is 5.32 Å². The number of rotatable bonds is 4. The third-order valence-electron chi connectivity index (χ3n) is 3.23. The van der Waals surface area contributed by atoms with E-state index in [1.54, 1.807) is 19.1 Å². The maximum absolute atomic E-state index is 13.4. The second-order valence-electron chi connectivity index (χ2n) is 5.38. The lowest BCUT2D eigenvalue weighted by Gasteiger charge is -2.12. The normalized spacial score (nSPS) is 10.6. The maximum Gasteiger partial charge on any atom is 0.278 e. The number of pyridine rings is 1. The number of hydrogen-bond donors (Lipinski definition) is 2. The van der Waals surface area contributed by atoms with Crippen molar-refractivity contribution in [2.75, 3.05) is 10.6 Å². The summed E-state index contributed by atoms with van der Waals surface area (Å²) in [5.41, 5.74) is 2.06. The number of hydrogen-bond acceptors (Lipinski definition) is 5. The highest BCUT2D eigenvalue weighted by Crippen LogP contribution is 2.23. The highest BCUT2D eigenvalue weighted by Gasteiger charge is 2.16. The molecule has 2 aromatic heterocycles. The highest BCUT2D eigenvalue weighted by molar-refractivity contribution is 7.13. The third kappa shape index (κ3) is 4.16. The van der Waals surface area contributed by atoms with Crippen LogP contribution in [0.15, 0.2) is 35.7 Å². The number of anilines is 3. The quantitative estimate of drug-likeness (QED) is 0.722. The molecule has 2 heterocycles. The molecule has 0 aliphatic heterocycles. The first-order valence-corrected chi connectivity index (χ1v) is 8.23. The summed E-state index contributed by atoms with van der Waals surface area (Å²) in [4.78, 5) is 20.9. The lowest BCUT2D eigenvalue weighted by Crippen LogP contribution is -2.16. The second-order valence-corrected chi connectivity index (χ2v) is 6.24. The van der Waals surface area contributed by atoms with Gasteiger partial charge >= 0.3 is 0 Å². The Morgan fingerprint density at radius 3 is 2.40 bits per heavy atom. The number of nitrogens with one attached hydrogen (secondary N) is 2. The molecule has 5 nitrogen and oxygen atoms in total. The van der Waals surface area contributed by atoms with Crippen LogP contribution in [0.2, 0.25) is 0 Å². The summed E-state index contributed by atoms with van der Waals surface area (Å²) in [6.07, 6.45) is 0. The Morgan fingerprint density at radius 1 is 1.04 bits per heavy atom. The number of carbonyl (C=O) groups is 1. The molecule has 2 N–H and O–H groups in total. The first-order valence-electron chi connectivity index (χ1n) is 7.35. The van der Waals surface area contributed by atoms with E-state index in [2.05, 4.69) is 20.6 Å². The fourth-order valence-corrected chi connectivity index (χ4v) is 2.86. The summed E-state index contributed by atoms with van der Waals surface area (Å²) in [5.74, 6) is -1.89. The molecule has 0 radical (unpaired) electrons. The van der Waals surface area contributed by atoms with Crippen molar-refractivity contribution < 1.29 is 13.6 Å². The largest absolute Gasteiger partial charge is 0.353 e. The van der Waals surface area contributed by atoms with Crippen LogP contribution in [0.4, 0.5) is 25.3 Å². The molecule has 0 aliphatic carbocycles. The monoisotopic (exact) mass is 360 g/mol. The molecule has 3 aromatic rings. The van der Waals surface area contributed by atoms with Gasteiger partial charge in [0.15, 0.2) is 10.8 Å². The number of nitrogens with zero attached hydrogens (tertiary/aromatic N) is 2. The minimum Gasteiger partial charge on any atom is -0.353 e. The first-order chi connectivity index (χ1) is 11.9. The zero-order valence-corrected chi connectivity index (χ0v) is 14.2. The molecule has 0 saturated carbocycles. The van der Waals surface area contributed by atoms with Crippen molar-refractivity contribution in [3.05, 3.63) is 64.4 Å². The topological polar surface area (TPSA) is 66.9 Å². The summed E-state index contributed by atoms with van der Waals surface area (Å²) in [6.45, 7) is 3.57. The molecule has 0 saturated heterocycles. The van der Waals surface area contributed by atoms with Gasteiger partial charge in [0.1, 0.15) is 11.6 Å². The number of thiazole rings is 1. The van der Waals surface area contributed by atoms with Gasteiger partial charge in [0.2, 0.25) is 0 Å². The van der Waals surface area contributed by atoms with E-state index in [1.807, 2.05) is 12.3 Å². The van der Waals surface area contributed by atoms with Crippen molar-refractivity contribution in [3.63, 3.8) is 0 Å². The number of carbonyl (C=O) groups excluding carboxylic acids is 1. The lowest BCUT2D eigenvalue weighted by atomic mass is 10.2. The molecule has 3 rings (SSSR count). The Balaban J connectivity index is 1.90. The van der Waals surface area contributed by atoms with Crippen molar-refractivity contribution in [2.24, 2.45) is 0 Å². The van der Waals surface area contributed by atoms with Gasteiger partial charge in [0, 0.05) is 22.8 Å². The van der Waals surface area contributed by atoms with E-state index >= 15 is 0 Å². The van der Waals surface area contributed by atoms with Crippen LogP contribution in [0.5, 0.6) is 0 Å². The number of halogens is 2. The van der Waals surface area contributed by atoms with Crippen molar-refractivity contribution in [3.8, 4) is 0 Å². The van der Waals surface area contributed by atoms with E-state index in [0.717, 1.165) is 23.9 Å². The molecule has 1 aromatic carbocycles. The van der Waals surface area contributed by atoms with E-state index in [9.17, 15) is 13.6 Å². The Hall–Kier alpha value is -2.87.